The molecule has 134 valence electrons. The number of aromatic nitrogens is 2. The van der Waals surface area contributed by atoms with Gasteiger partial charge in [-0.2, -0.15) is 4.98 Å². The van der Waals surface area contributed by atoms with E-state index in [4.69, 9.17) is 9.26 Å². The molecule has 2 aliphatic heterocycles. The van der Waals surface area contributed by atoms with Crippen LogP contribution in [-0.4, -0.2) is 51.4 Å². The lowest BCUT2D eigenvalue weighted by molar-refractivity contribution is -0.0693. The highest BCUT2D eigenvalue weighted by Gasteiger charge is 2.47. The molecule has 0 saturated carbocycles. The predicted octanol–water partition coefficient (Wildman–Crippen LogP) is 2.61. The standard InChI is InChI=1S/C17H28N4O3/c1-11-18-14(23-20-11)12-6-8-21(9-7-12)15(22)19-13-10-16(2,3)24-17(13,4)5/h12-13H,6-10H2,1-5H3,(H,19,22). The number of amides is 2. The monoisotopic (exact) mass is 336 g/mol. The Labute approximate surface area is 143 Å². The van der Waals surface area contributed by atoms with E-state index < -0.39 is 0 Å². The van der Waals surface area contributed by atoms with Crippen molar-refractivity contribution in [2.24, 2.45) is 0 Å². The summed E-state index contributed by atoms with van der Waals surface area (Å²) in [6.07, 6.45) is 2.53. The lowest BCUT2D eigenvalue weighted by Gasteiger charge is -2.33. The van der Waals surface area contributed by atoms with Crippen molar-refractivity contribution in [2.45, 2.75) is 77.0 Å². The number of urea groups is 1. The molecule has 0 aliphatic carbocycles. The molecule has 3 heterocycles. The van der Waals surface area contributed by atoms with E-state index in [1.165, 1.54) is 0 Å². The van der Waals surface area contributed by atoms with E-state index in [0.29, 0.717) is 24.8 Å². The number of carbonyl (C=O) groups excluding carboxylic acids is 1. The van der Waals surface area contributed by atoms with Crippen LogP contribution >= 0.6 is 0 Å². The van der Waals surface area contributed by atoms with E-state index >= 15 is 0 Å². The first-order valence-electron chi connectivity index (χ1n) is 8.72. The molecule has 1 unspecified atom stereocenters. The third-order valence-corrected chi connectivity index (χ3v) is 5.05. The molecule has 0 spiro atoms. The Morgan fingerprint density at radius 2 is 1.92 bits per heavy atom. The van der Waals surface area contributed by atoms with Crippen LogP contribution in [0.4, 0.5) is 4.79 Å². The highest BCUT2D eigenvalue weighted by molar-refractivity contribution is 5.74. The summed E-state index contributed by atoms with van der Waals surface area (Å²) < 4.78 is 11.3. The summed E-state index contributed by atoms with van der Waals surface area (Å²) in [5, 5.41) is 7.01. The summed E-state index contributed by atoms with van der Waals surface area (Å²) in [6.45, 7) is 11.4. The molecule has 0 aromatic carbocycles. The summed E-state index contributed by atoms with van der Waals surface area (Å²) in [4.78, 5) is 18.8. The second-order valence-corrected chi connectivity index (χ2v) is 8.11. The highest BCUT2D eigenvalue weighted by Crippen LogP contribution is 2.37. The zero-order chi connectivity index (χ0) is 17.5. The van der Waals surface area contributed by atoms with Crippen molar-refractivity contribution >= 4 is 6.03 Å². The highest BCUT2D eigenvalue weighted by atomic mass is 16.5. The van der Waals surface area contributed by atoms with E-state index in [-0.39, 0.29) is 29.2 Å². The number of aryl methyl sites for hydroxylation is 1. The Morgan fingerprint density at radius 3 is 2.42 bits per heavy atom. The Balaban J connectivity index is 1.54. The Bertz CT molecular complexity index is 603. The van der Waals surface area contributed by atoms with Crippen LogP contribution in [0.3, 0.4) is 0 Å². The first-order chi connectivity index (χ1) is 11.2. The van der Waals surface area contributed by atoms with Crippen LogP contribution in [0.25, 0.3) is 0 Å². The molecule has 2 fully saturated rings. The number of hydrogen-bond acceptors (Lipinski definition) is 5. The third-order valence-electron chi connectivity index (χ3n) is 5.05. The second kappa shape index (κ2) is 6.02. The van der Waals surface area contributed by atoms with Gasteiger partial charge in [-0.05, 0) is 53.9 Å². The molecule has 2 amide bonds. The molecule has 1 aromatic heterocycles. The maximum atomic E-state index is 12.6. The van der Waals surface area contributed by atoms with Gasteiger partial charge >= 0.3 is 6.03 Å². The minimum absolute atomic E-state index is 0.00506. The van der Waals surface area contributed by atoms with E-state index in [1.807, 2.05) is 25.7 Å². The average molecular weight is 336 g/mol. The summed E-state index contributed by atoms with van der Waals surface area (Å²) >= 11 is 0. The number of likely N-dealkylation sites (tertiary alicyclic amines) is 1. The summed E-state index contributed by atoms with van der Waals surface area (Å²) in [7, 11) is 0. The quantitative estimate of drug-likeness (QED) is 0.898. The van der Waals surface area contributed by atoms with Gasteiger partial charge in [0, 0.05) is 19.0 Å². The lowest BCUT2D eigenvalue weighted by atomic mass is 9.94. The van der Waals surface area contributed by atoms with E-state index in [9.17, 15) is 4.79 Å². The van der Waals surface area contributed by atoms with Gasteiger partial charge in [0.05, 0.1) is 17.2 Å². The molecule has 7 heteroatoms. The van der Waals surface area contributed by atoms with Gasteiger partial charge in [-0.25, -0.2) is 4.79 Å². The maximum absolute atomic E-state index is 12.6. The second-order valence-electron chi connectivity index (χ2n) is 8.11. The van der Waals surface area contributed by atoms with Crippen LogP contribution in [-0.2, 0) is 4.74 Å². The Kier molecular flexibility index (Phi) is 4.32. The fourth-order valence-electron chi connectivity index (χ4n) is 3.84. The molecule has 1 aromatic rings. The molecular weight excluding hydrogens is 308 g/mol. The van der Waals surface area contributed by atoms with Crippen LogP contribution in [0.15, 0.2) is 4.52 Å². The van der Waals surface area contributed by atoms with Crippen molar-refractivity contribution in [3.8, 4) is 0 Å². The van der Waals surface area contributed by atoms with Gasteiger partial charge in [0.2, 0.25) is 5.89 Å². The molecule has 3 rings (SSSR count). The fraction of sp³-hybridized carbons (Fsp3) is 0.824. The topological polar surface area (TPSA) is 80.5 Å². The number of carbonyl (C=O) groups is 1. The van der Waals surface area contributed by atoms with Crippen molar-refractivity contribution in [1.82, 2.24) is 20.4 Å². The number of hydrogen-bond donors (Lipinski definition) is 1. The van der Waals surface area contributed by atoms with Crippen molar-refractivity contribution in [3.05, 3.63) is 11.7 Å². The molecule has 24 heavy (non-hydrogen) atoms. The normalized spacial score (nSPS) is 26.5. The first kappa shape index (κ1) is 17.2. The van der Waals surface area contributed by atoms with E-state index in [2.05, 4.69) is 29.3 Å². The number of nitrogens with one attached hydrogen (secondary N) is 1. The van der Waals surface area contributed by atoms with Gasteiger partial charge in [0.1, 0.15) is 0 Å². The Morgan fingerprint density at radius 1 is 1.25 bits per heavy atom. The fourth-order valence-corrected chi connectivity index (χ4v) is 3.84. The van der Waals surface area contributed by atoms with Gasteiger partial charge in [-0.1, -0.05) is 5.16 Å². The largest absolute Gasteiger partial charge is 0.367 e. The van der Waals surface area contributed by atoms with Crippen molar-refractivity contribution < 1.29 is 14.1 Å². The van der Waals surface area contributed by atoms with Gasteiger partial charge in [0.25, 0.3) is 0 Å². The van der Waals surface area contributed by atoms with E-state index in [0.717, 1.165) is 19.3 Å². The molecular formula is C17H28N4O3. The minimum Gasteiger partial charge on any atom is -0.367 e. The SMILES string of the molecule is Cc1noc(C2CCN(C(=O)NC3CC(C)(C)OC3(C)C)CC2)n1. The van der Waals surface area contributed by atoms with Gasteiger partial charge in [-0.3, -0.25) is 0 Å². The first-order valence-corrected chi connectivity index (χ1v) is 8.72. The summed E-state index contributed by atoms with van der Waals surface area (Å²) in [6, 6.07) is 0.0193. The molecule has 1 N–H and O–H groups in total. The van der Waals surface area contributed by atoms with Crippen LogP contribution in [0.5, 0.6) is 0 Å². The molecule has 2 saturated heterocycles. The van der Waals surface area contributed by atoms with Crippen LogP contribution < -0.4 is 5.32 Å². The van der Waals surface area contributed by atoms with Crippen LogP contribution in [0.2, 0.25) is 0 Å². The summed E-state index contributed by atoms with van der Waals surface area (Å²) in [5.74, 6) is 1.61. The third kappa shape index (κ3) is 3.55. The lowest BCUT2D eigenvalue weighted by Crippen LogP contribution is -2.52. The predicted molar refractivity (Wildman–Crippen MR) is 88.8 cm³/mol. The van der Waals surface area contributed by atoms with Gasteiger partial charge in [-0.15, -0.1) is 0 Å². The number of piperidine rings is 1. The maximum Gasteiger partial charge on any atom is 0.317 e. The van der Waals surface area contributed by atoms with Gasteiger partial charge < -0.3 is 19.5 Å². The minimum atomic E-state index is -0.348. The summed E-state index contributed by atoms with van der Waals surface area (Å²) in [5.41, 5.74) is -0.553. The van der Waals surface area contributed by atoms with Crippen LogP contribution in [0.1, 0.15) is 64.6 Å². The van der Waals surface area contributed by atoms with Crippen molar-refractivity contribution in [1.29, 1.82) is 0 Å². The smallest absolute Gasteiger partial charge is 0.317 e. The zero-order valence-electron chi connectivity index (χ0n) is 15.3. The molecule has 0 radical (unpaired) electrons. The number of rotatable bonds is 2. The number of ether oxygens (including phenoxy) is 1. The molecule has 2 aliphatic rings. The van der Waals surface area contributed by atoms with Crippen molar-refractivity contribution in [3.63, 3.8) is 0 Å². The molecule has 7 nitrogen and oxygen atoms in total. The van der Waals surface area contributed by atoms with E-state index in [1.54, 1.807) is 0 Å². The zero-order valence-corrected chi connectivity index (χ0v) is 15.3. The van der Waals surface area contributed by atoms with Crippen LogP contribution in [0, 0.1) is 6.92 Å². The average Bonchev–Trinajstić information content (AvgIpc) is 2.99. The van der Waals surface area contributed by atoms with Gasteiger partial charge in [0.15, 0.2) is 5.82 Å². The van der Waals surface area contributed by atoms with Crippen molar-refractivity contribution in [2.75, 3.05) is 13.1 Å². The Hall–Kier alpha value is -1.63. The molecule has 1 atom stereocenters. The molecule has 0 bridgehead atoms. The number of nitrogens with zero attached hydrogens (tertiary/aromatic N) is 3.